The molecule has 2 aromatic rings. The summed E-state index contributed by atoms with van der Waals surface area (Å²) in [5.74, 6) is 0.748. The lowest BCUT2D eigenvalue weighted by Gasteiger charge is -2.10. The Morgan fingerprint density at radius 2 is 1.74 bits per heavy atom. The van der Waals surface area contributed by atoms with Crippen LogP contribution >= 0.6 is 35.3 Å². The number of aliphatic imine (C=N–C) groups is 1. The molecular formula is C18H27IN4O2S2. The van der Waals surface area contributed by atoms with E-state index in [-0.39, 0.29) is 29.7 Å². The fourth-order valence-electron chi connectivity index (χ4n) is 2.30. The Labute approximate surface area is 182 Å². The molecule has 1 aromatic heterocycles. The minimum atomic E-state index is -3.25. The van der Waals surface area contributed by atoms with Gasteiger partial charge in [0.25, 0.3) is 0 Å². The van der Waals surface area contributed by atoms with Gasteiger partial charge >= 0.3 is 0 Å². The van der Waals surface area contributed by atoms with Crippen LogP contribution in [0.3, 0.4) is 0 Å². The maximum Gasteiger partial charge on any atom is 0.215 e. The molecule has 2 rings (SSSR count). The summed E-state index contributed by atoms with van der Waals surface area (Å²) in [6, 6.07) is 11.7. The molecule has 1 aromatic carbocycles. The molecule has 27 heavy (non-hydrogen) atoms. The Balaban J connectivity index is 0.00000364. The Morgan fingerprint density at radius 1 is 1.07 bits per heavy atom. The largest absolute Gasteiger partial charge is 0.357 e. The molecule has 1 heterocycles. The predicted octanol–water partition coefficient (Wildman–Crippen LogP) is 2.98. The van der Waals surface area contributed by atoms with Gasteiger partial charge in [0.2, 0.25) is 10.0 Å². The van der Waals surface area contributed by atoms with Crippen molar-refractivity contribution in [3.05, 3.63) is 57.3 Å². The van der Waals surface area contributed by atoms with Crippen molar-refractivity contribution in [3.8, 4) is 0 Å². The Morgan fingerprint density at radius 3 is 2.30 bits per heavy atom. The second-order valence-electron chi connectivity index (χ2n) is 5.84. The van der Waals surface area contributed by atoms with E-state index < -0.39 is 10.0 Å². The summed E-state index contributed by atoms with van der Waals surface area (Å²) in [6.07, 6.45) is 0. The maximum atomic E-state index is 11.6. The quantitative estimate of drug-likeness (QED) is 0.283. The molecular weight excluding hydrogens is 495 g/mol. The number of guanidine groups is 1. The van der Waals surface area contributed by atoms with Gasteiger partial charge in [0, 0.05) is 16.3 Å². The molecule has 0 aliphatic heterocycles. The highest BCUT2D eigenvalue weighted by atomic mass is 127. The Hall–Kier alpha value is -1.17. The first-order valence-corrected chi connectivity index (χ1v) is 10.9. The average Bonchev–Trinajstić information content (AvgIpc) is 3.04. The fraction of sp³-hybridized carbons (Fsp3) is 0.389. The smallest absolute Gasteiger partial charge is 0.215 e. The van der Waals surface area contributed by atoms with Crippen LogP contribution in [0.25, 0.3) is 0 Å². The van der Waals surface area contributed by atoms with Crippen molar-refractivity contribution in [2.75, 3.05) is 13.6 Å². The van der Waals surface area contributed by atoms with Crippen molar-refractivity contribution < 1.29 is 8.42 Å². The third-order valence-electron chi connectivity index (χ3n) is 3.68. The van der Waals surface area contributed by atoms with Gasteiger partial charge in [-0.05, 0) is 44.2 Å². The highest BCUT2D eigenvalue weighted by molar-refractivity contribution is 14.0. The number of nitrogens with zero attached hydrogens (tertiary/aromatic N) is 1. The van der Waals surface area contributed by atoms with Crippen molar-refractivity contribution in [2.45, 2.75) is 32.7 Å². The number of halogens is 1. The van der Waals surface area contributed by atoms with Gasteiger partial charge in [0.15, 0.2) is 5.96 Å². The van der Waals surface area contributed by atoms with Gasteiger partial charge in [0.05, 0.1) is 18.8 Å². The third kappa shape index (κ3) is 8.58. The van der Waals surface area contributed by atoms with Crippen LogP contribution in [0, 0.1) is 6.92 Å². The summed E-state index contributed by atoms with van der Waals surface area (Å²) < 4.78 is 25.5. The van der Waals surface area contributed by atoms with Crippen LogP contribution < -0.4 is 15.4 Å². The third-order valence-corrected chi connectivity index (χ3v) is 6.02. The van der Waals surface area contributed by atoms with E-state index in [1.54, 1.807) is 11.3 Å². The topological polar surface area (TPSA) is 82.6 Å². The standard InChI is InChI=1S/C18H26N4O2S2.HI/c1-4-20-18(22-12-17-10-5-14(2)25-17)21-11-15-6-8-16(9-7-15)13-26(23,24)19-3;/h5-10,19H,4,11-13H2,1-3H3,(H2,20,21,22);1H. The minimum absolute atomic E-state index is 0. The van der Waals surface area contributed by atoms with E-state index in [0.717, 1.165) is 30.2 Å². The van der Waals surface area contributed by atoms with Gasteiger partial charge in [0.1, 0.15) is 0 Å². The number of hydrogen-bond donors (Lipinski definition) is 3. The molecule has 150 valence electrons. The van der Waals surface area contributed by atoms with E-state index in [4.69, 9.17) is 0 Å². The summed E-state index contributed by atoms with van der Waals surface area (Å²) in [7, 11) is -1.83. The van der Waals surface area contributed by atoms with Gasteiger partial charge in [-0.25, -0.2) is 18.1 Å². The zero-order chi connectivity index (χ0) is 19.0. The summed E-state index contributed by atoms with van der Waals surface area (Å²) in [5.41, 5.74) is 1.78. The highest BCUT2D eigenvalue weighted by Crippen LogP contribution is 2.14. The molecule has 0 fully saturated rings. The van der Waals surface area contributed by atoms with Crippen LogP contribution in [-0.4, -0.2) is 28.0 Å². The van der Waals surface area contributed by atoms with Crippen LogP contribution in [0.15, 0.2) is 41.4 Å². The molecule has 0 unspecified atom stereocenters. The molecule has 0 radical (unpaired) electrons. The minimum Gasteiger partial charge on any atom is -0.357 e. The summed E-state index contributed by atoms with van der Waals surface area (Å²) in [6.45, 7) is 6.18. The first-order chi connectivity index (χ1) is 12.4. The number of sulfonamides is 1. The molecule has 6 nitrogen and oxygen atoms in total. The van der Waals surface area contributed by atoms with Gasteiger partial charge in [-0.2, -0.15) is 0 Å². The van der Waals surface area contributed by atoms with Gasteiger partial charge in [-0.15, -0.1) is 35.3 Å². The van der Waals surface area contributed by atoms with Crippen LogP contribution in [0.1, 0.15) is 27.8 Å². The Bertz CT molecular complexity index is 833. The molecule has 0 aliphatic carbocycles. The van der Waals surface area contributed by atoms with Crippen molar-refractivity contribution in [3.63, 3.8) is 0 Å². The number of hydrogen-bond acceptors (Lipinski definition) is 4. The van der Waals surface area contributed by atoms with Crippen molar-refractivity contribution in [2.24, 2.45) is 4.99 Å². The predicted molar refractivity (Wildman–Crippen MR) is 124 cm³/mol. The van der Waals surface area contributed by atoms with E-state index in [9.17, 15) is 8.42 Å². The highest BCUT2D eigenvalue weighted by Gasteiger charge is 2.08. The fourth-order valence-corrected chi connectivity index (χ4v) is 3.90. The molecule has 0 saturated heterocycles. The molecule has 0 atom stereocenters. The lowest BCUT2D eigenvalue weighted by molar-refractivity contribution is 0.587. The molecule has 9 heteroatoms. The number of nitrogens with one attached hydrogen (secondary N) is 3. The molecule has 0 bridgehead atoms. The normalized spacial score (nSPS) is 11.7. The van der Waals surface area contributed by atoms with Gasteiger partial charge in [-0.3, -0.25) is 0 Å². The SMILES string of the molecule is CCNC(=NCc1ccc(CS(=O)(=O)NC)cc1)NCc1ccc(C)s1.I. The first kappa shape index (κ1) is 23.9. The Kier molecular flexibility index (Phi) is 10.3. The summed E-state index contributed by atoms with van der Waals surface area (Å²) in [5, 5.41) is 6.57. The molecule has 0 saturated carbocycles. The van der Waals surface area contributed by atoms with Crippen molar-refractivity contribution >= 4 is 51.3 Å². The number of aryl methyl sites for hydroxylation is 1. The van der Waals surface area contributed by atoms with E-state index in [1.165, 1.54) is 16.8 Å². The van der Waals surface area contributed by atoms with Crippen LogP contribution in [-0.2, 0) is 28.9 Å². The second-order valence-corrected chi connectivity index (χ2v) is 9.14. The lowest BCUT2D eigenvalue weighted by Crippen LogP contribution is -2.36. The van der Waals surface area contributed by atoms with E-state index in [2.05, 4.69) is 39.4 Å². The molecule has 3 N–H and O–H groups in total. The average molecular weight is 522 g/mol. The number of benzene rings is 1. The summed E-state index contributed by atoms with van der Waals surface area (Å²) >= 11 is 1.77. The van der Waals surface area contributed by atoms with Crippen LogP contribution in [0.4, 0.5) is 0 Å². The lowest BCUT2D eigenvalue weighted by atomic mass is 10.1. The zero-order valence-corrected chi connectivity index (χ0v) is 19.7. The van der Waals surface area contributed by atoms with Gasteiger partial charge in [-0.1, -0.05) is 24.3 Å². The van der Waals surface area contributed by atoms with E-state index in [0.29, 0.717) is 6.54 Å². The maximum absolute atomic E-state index is 11.6. The van der Waals surface area contributed by atoms with Crippen molar-refractivity contribution in [1.29, 1.82) is 0 Å². The van der Waals surface area contributed by atoms with Crippen molar-refractivity contribution in [1.82, 2.24) is 15.4 Å². The number of thiophene rings is 1. The molecule has 0 amide bonds. The molecule has 0 spiro atoms. The molecule has 0 aliphatic rings. The van der Waals surface area contributed by atoms with Crippen LogP contribution in [0.5, 0.6) is 0 Å². The van der Waals surface area contributed by atoms with Gasteiger partial charge < -0.3 is 10.6 Å². The van der Waals surface area contributed by atoms with Crippen LogP contribution in [0.2, 0.25) is 0 Å². The van der Waals surface area contributed by atoms with E-state index >= 15 is 0 Å². The first-order valence-electron chi connectivity index (χ1n) is 8.48. The van der Waals surface area contributed by atoms with E-state index in [1.807, 2.05) is 31.2 Å². The zero-order valence-electron chi connectivity index (χ0n) is 15.8. The summed E-state index contributed by atoms with van der Waals surface area (Å²) in [4.78, 5) is 7.16. The second kappa shape index (κ2) is 11.6. The monoisotopic (exact) mass is 522 g/mol. The number of rotatable bonds is 8.